The van der Waals surface area contributed by atoms with Crippen LogP contribution < -0.4 is 0 Å². The average molecular weight is 240 g/mol. The first kappa shape index (κ1) is 13.8. The zero-order chi connectivity index (χ0) is 12.6. The molecule has 1 unspecified atom stereocenters. The largest absolute Gasteiger partial charge is 0.342 e. The molecule has 1 aliphatic heterocycles. The molecule has 92 valence electrons. The minimum atomic E-state index is -0.00203. The van der Waals surface area contributed by atoms with Crippen LogP contribution >= 0.6 is 7.92 Å². The van der Waals surface area contributed by atoms with E-state index >= 15 is 0 Å². The highest BCUT2D eigenvalue weighted by atomic mass is 31.1. The van der Waals surface area contributed by atoms with Gasteiger partial charge in [-0.15, -0.1) is 0 Å². The summed E-state index contributed by atoms with van der Waals surface area (Å²) in [5.41, 5.74) is 0.128. The number of rotatable bonds is 2. The van der Waals surface area contributed by atoms with Gasteiger partial charge in [0.25, 0.3) is 0 Å². The van der Waals surface area contributed by atoms with E-state index in [4.69, 9.17) is 0 Å². The SMILES string of the molecule is CP(CN1[C]N(C(C)(C)C)C=C1)C(C)(C)C. The van der Waals surface area contributed by atoms with Gasteiger partial charge in [-0.3, -0.25) is 0 Å². The molecule has 2 radical (unpaired) electrons. The summed E-state index contributed by atoms with van der Waals surface area (Å²) >= 11 is 0. The summed E-state index contributed by atoms with van der Waals surface area (Å²) in [5.74, 6) is 0. The van der Waals surface area contributed by atoms with Crippen molar-refractivity contribution in [3.63, 3.8) is 0 Å². The summed E-state index contributed by atoms with van der Waals surface area (Å²) in [6.45, 7) is 19.3. The van der Waals surface area contributed by atoms with E-state index in [1.807, 2.05) is 0 Å². The molecule has 0 bridgehead atoms. The summed E-state index contributed by atoms with van der Waals surface area (Å²) in [7, 11) is -0.00203. The van der Waals surface area contributed by atoms with E-state index in [2.05, 4.69) is 77.1 Å². The van der Waals surface area contributed by atoms with Gasteiger partial charge in [0.15, 0.2) is 0 Å². The standard InChI is InChI=1S/C13H25N2P/c1-12(2,3)15-9-8-14(10-15)11-16(7)13(4,5)6/h8-9H,11H2,1-7H3. The Kier molecular flexibility index (Phi) is 3.95. The molecule has 0 aliphatic carbocycles. The fourth-order valence-corrected chi connectivity index (χ4v) is 2.28. The molecule has 1 atom stereocenters. The second-order valence-corrected chi connectivity index (χ2v) is 9.44. The van der Waals surface area contributed by atoms with Crippen molar-refractivity contribution in [3.8, 4) is 0 Å². The molecule has 0 aromatic heterocycles. The molecule has 1 heterocycles. The third-order valence-electron chi connectivity index (χ3n) is 2.86. The van der Waals surface area contributed by atoms with Crippen LogP contribution in [-0.4, -0.2) is 33.4 Å². The number of hydrogen-bond donors (Lipinski definition) is 0. The second-order valence-electron chi connectivity index (χ2n) is 6.42. The Bertz CT molecular complexity index is 260. The first-order chi connectivity index (χ1) is 7.10. The van der Waals surface area contributed by atoms with E-state index in [-0.39, 0.29) is 13.5 Å². The molecule has 1 aliphatic rings. The van der Waals surface area contributed by atoms with Crippen LogP contribution in [0.1, 0.15) is 41.5 Å². The van der Waals surface area contributed by atoms with Crippen molar-refractivity contribution in [3.05, 3.63) is 19.1 Å². The minimum absolute atomic E-state index is 0.00203. The van der Waals surface area contributed by atoms with Gasteiger partial charge in [-0.25, -0.2) is 0 Å². The van der Waals surface area contributed by atoms with Crippen molar-refractivity contribution in [2.45, 2.75) is 52.2 Å². The molecule has 0 saturated heterocycles. The molecular weight excluding hydrogens is 215 g/mol. The molecule has 0 amide bonds. The number of hydrogen-bond acceptors (Lipinski definition) is 2. The van der Waals surface area contributed by atoms with Gasteiger partial charge in [-0.2, -0.15) is 0 Å². The van der Waals surface area contributed by atoms with Gasteiger partial charge in [0.1, 0.15) is 0 Å². The molecule has 2 nitrogen and oxygen atoms in total. The van der Waals surface area contributed by atoms with Crippen LogP contribution in [0.25, 0.3) is 0 Å². The Morgan fingerprint density at radius 2 is 1.62 bits per heavy atom. The summed E-state index contributed by atoms with van der Waals surface area (Å²) in [4.78, 5) is 4.35. The Morgan fingerprint density at radius 1 is 1.06 bits per heavy atom. The van der Waals surface area contributed by atoms with Gasteiger partial charge in [-0.1, -0.05) is 28.7 Å². The van der Waals surface area contributed by atoms with Crippen molar-refractivity contribution >= 4 is 7.92 Å². The maximum absolute atomic E-state index is 3.41. The zero-order valence-electron chi connectivity index (χ0n) is 11.7. The Morgan fingerprint density at radius 3 is 2.00 bits per heavy atom. The molecular formula is C13H25N2P. The summed E-state index contributed by atoms with van der Waals surface area (Å²) < 4.78 is 0. The molecule has 16 heavy (non-hydrogen) atoms. The molecule has 0 aromatic rings. The molecule has 0 saturated carbocycles. The fourth-order valence-electron chi connectivity index (χ4n) is 1.25. The highest BCUT2D eigenvalue weighted by Crippen LogP contribution is 2.47. The number of nitrogens with zero attached hydrogens (tertiary/aromatic N) is 2. The van der Waals surface area contributed by atoms with Crippen LogP contribution in [0.4, 0.5) is 0 Å². The summed E-state index contributed by atoms with van der Waals surface area (Å²) in [5, 5.41) is 0.417. The fraction of sp³-hybridized carbons (Fsp3) is 0.769. The van der Waals surface area contributed by atoms with Crippen molar-refractivity contribution < 1.29 is 0 Å². The highest BCUT2D eigenvalue weighted by molar-refractivity contribution is 7.58. The summed E-state index contributed by atoms with van der Waals surface area (Å²) in [6, 6.07) is 0. The maximum atomic E-state index is 3.41. The lowest BCUT2D eigenvalue weighted by Crippen LogP contribution is -2.36. The topological polar surface area (TPSA) is 6.48 Å². The van der Waals surface area contributed by atoms with E-state index in [1.165, 1.54) is 0 Å². The van der Waals surface area contributed by atoms with Crippen molar-refractivity contribution in [2.75, 3.05) is 13.0 Å². The van der Waals surface area contributed by atoms with E-state index in [0.29, 0.717) is 5.16 Å². The smallest absolute Gasteiger partial charge is 0.208 e. The van der Waals surface area contributed by atoms with Gasteiger partial charge in [0.05, 0.1) is 0 Å². The van der Waals surface area contributed by atoms with Gasteiger partial charge < -0.3 is 9.80 Å². The summed E-state index contributed by atoms with van der Waals surface area (Å²) in [6.07, 6.45) is 5.35. The monoisotopic (exact) mass is 240 g/mol. The lowest BCUT2D eigenvalue weighted by molar-refractivity contribution is 0.224. The quantitative estimate of drug-likeness (QED) is 0.678. The van der Waals surface area contributed by atoms with Crippen LogP contribution in [-0.2, 0) is 0 Å². The van der Waals surface area contributed by atoms with Gasteiger partial charge in [0.2, 0.25) is 6.67 Å². The lowest BCUT2D eigenvalue weighted by atomic mass is 10.1. The normalized spacial score (nSPS) is 19.4. The van der Waals surface area contributed by atoms with Crippen LogP contribution in [0.5, 0.6) is 0 Å². The Hall–Kier alpha value is -0.230. The predicted octanol–water partition coefficient (Wildman–Crippen LogP) is 3.74. The molecule has 3 heteroatoms. The van der Waals surface area contributed by atoms with Gasteiger partial charge >= 0.3 is 0 Å². The molecule has 0 N–H and O–H groups in total. The van der Waals surface area contributed by atoms with Crippen molar-refractivity contribution in [1.29, 1.82) is 0 Å². The van der Waals surface area contributed by atoms with E-state index < -0.39 is 0 Å². The van der Waals surface area contributed by atoms with Crippen LogP contribution in [0.15, 0.2) is 12.4 Å². The molecule has 0 fully saturated rings. The predicted molar refractivity (Wildman–Crippen MR) is 73.3 cm³/mol. The third-order valence-corrected chi connectivity index (χ3v) is 5.88. The minimum Gasteiger partial charge on any atom is -0.342 e. The Labute approximate surface area is 102 Å². The van der Waals surface area contributed by atoms with Crippen LogP contribution in [0, 0.1) is 6.67 Å². The van der Waals surface area contributed by atoms with E-state index in [1.54, 1.807) is 0 Å². The van der Waals surface area contributed by atoms with E-state index in [0.717, 1.165) is 6.29 Å². The van der Waals surface area contributed by atoms with Gasteiger partial charge in [-0.05, 0) is 32.6 Å². The first-order valence-corrected chi connectivity index (χ1v) is 7.80. The second kappa shape index (κ2) is 4.56. The molecule has 1 rings (SSSR count). The molecule has 0 spiro atoms. The van der Waals surface area contributed by atoms with Crippen molar-refractivity contribution in [1.82, 2.24) is 9.80 Å². The highest BCUT2D eigenvalue weighted by Gasteiger charge is 2.28. The van der Waals surface area contributed by atoms with Gasteiger partial charge in [0, 0.05) is 24.2 Å². The lowest BCUT2D eigenvalue weighted by Gasteiger charge is -2.34. The average Bonchev–Trinajstić information content (AvgIpc) is 2.49. The molecule has 0 aromatic carbocycles. The van der Waals surface area contributed by atoms with Crippen molar-refractivity contribution in [2.24, 2.45) is 0 Å². The first-order valence-electron chi connectivity index (χ1n) is 5.82. The third kappa shape index (κ3) is 3.66. The van der Waals surface area contributed by atoms with Crippen LogP contribution in [0.2, 0.25) is 0 Å². The van der Waals surface area contributed by atoms with E-state index in [9.17, 15) is 0 Å². The zero-order valence-corrected chi connectivity index (χ0v) is 12.6. The van der Waals surface area contributed by atoms with Crippen LogP contribution in [0.3, 0.4) is 0 Å². The Balaban J connectivity index is 2.48. The maximum Gasteiger partial charge on any atom is 0.208 e.